The largest absolute Gasteiger partial charge is 0.573 e. The van der Waals surface area contributed by atoms with Gasteiger partial charge in [-0.3, -0.25) is 4.79 Å². The Hall–Kier alpha value is -2.30. The molecule has 0 atom stereocenters. The minimum atomic E-state index is -4.75. The summed E-state index contributed by atoms with van der Waals surface area (Å²) in [6.45, 7) is 3.21. The third-order valence-corrected chi connectivity index (χ3v) is 2.96. The van der Waals surface area contributed by atoms with Gasteiger partial charge < -0.3 is 4.74 Å². The second-order valence-electron chi connectivity index (χ2n) is 4.68. The van der Waals surface area contributed by atoms with Crippen molar-refractivity contribution in [3.05, 3.63) is 53.6 Å². The molecule has 2 aromatic rings. The van der Waals surface area contributed by atoms with E-state index in [9.17, 15) is 18.0 Å². The molecular weight excluding hydrogens is 281 g/mol. The van der Waals surface area contributed by atoms with Gasteiger partial charge >= 0.3 is 6.36 Å². The number of Topliss-reactive ketones (excluding diaryl/α,β-unsaturated/α-hetero) is 1. The van der Waals surface area contributed by atoms with Crippen LogP contribution in [0.5, 0.6) is 5.75 Å². The van der Waals surface area contributed by atoms with E-state index in [1.165, 1.54) is 13.0 Å². The van der Waals surface area contributed by atoms with Crippen LogP contribution in [0.15, 0.2) is 42.5 Å². The van der Waals surface area contributed by atoms with E-state index in [1.807, 2.05) is 0 Å². The molecule has 0 aromatic heterocycles. The molecule has 5 heteroatoms. The SMILES string of the molecule is CC(=O)c1ccc(-c2cc(C)ccc2OC(F)(F)F)cc1. The Morgan fingerprint density at radius 3 is 2.19 bits per heavy atom. The molecule has 0 aliphatic heterocycles. The fourth-order valence-electron chi connectivity index (χ4n) is 1.97. The van der Waals surface area contributed by atoms with E-state index in [-0.39, 0.29) is 11.5 Å². The van der Waals surface area contributed by atoms with Crippen LogP contribution in [-0.4, -0.2) is 12.1 Å². The third-order valence-electron chi connectivity index (χ3n) is 2.96. The maximum absolute atomic E-state index is 12.4. The van der Waals surface area contributed by atoms with Crippen LogP contribution in [0.25, 0.3) is 11.1 Å². The van der Waals surface area contributed by atoms with Gasteiger partial charge in [-0.15, -0.1) is 13.2 Å². The van der Waals surface area contributed by atoms with Crippen LogP contribution in [0.3, 0.4) is 0 Å². The molecule has 0 N–H and O–H groups in total. The summed E-state index contributed by atoms with van der Waals surface area (Å²) in [5.41, 5.74) is 2.21. The Morgan fingerprint density at radius 2 is 1.67 bits per heavy atom. The second kappa shape index (κ2) is 5.60. The lowest BCUT2D eigenvalue weighted by molar-refractivity contribution is -0.274. The molecule has 0 spiro atoms. The summed E-state index contributed by atoms with van der Waals surface area (Å²) < 4.78 is 41.4. The quantitative estimate of drug-likeness (QED) is 0.763. The second-order valence-corrected chi connectivity index (χ2v) is 4.68. The van der Waals surface area contributed by atoms with Crippen molar-refractivity contribution >= 4 is 5.78 Å². The Bertz CT molecular complexity index is 658. The van der Waals surface area contributed by atoms with Gasteiger partial charge in [-0.2, -0.15) is 0 Å². The smallest absolute Gasteiger partial charge is 0.405 e. The highest BCUT2D eigenvalue weighted by Crippen LogP contribution is 2.34. The Morgan fingerprint density at radius 1 is 1.05 bits per heavy atom. The maximum atomic E-state index is 12.4. The first-order valence-electron chi connectivity index (χ1n) is 6.24. The van der Waals surface area contributed by atoms with Crippen molar-refractivity contribution in [1.82, 2.24) is 0 Å². The lowest BCUT2D eigenvalue weighted by atomic mass is 10.0. The predicted molar refractivity (Wildman–Crippen MR) is 73.3 cm³/mol. The summed E-state index contributed by atoms with van der Waals surface area (Å²) in [6.07, 6.45) is -4.75. The third kappa shape index (κ3) is 3.84. The van der Waals surface area contributed by atoms with Crippen molar-refractivity contribution in [1.29, 1.82) is 0 Å². The van der Waals surface area contributed by atoms with E-state index in [0.29, 0.717) is 16.7 Å². The molecule has 0 fully saturated rings. The van der Waals surface area contributed by atoms with Gasteiger partial charge in [-0.05, 0) is 31.5 Å². The van der Waals surface area contributed by atoms with Gasteiger partial charge in [0.2, 0.25) is 0 Å². The van der Waals surface area contributed by atoms with E-state index >= 15 is 0 Å². The lowest BCUT2D eigenvalue weighted by Gasteiger charge is -2.14. The van der Waals surface area contributed by atoms with Gasteiger partial charge in [-0.25, -0.2) is 0 Å². The van der Waals surface area contributed by atoms with Crippen molar-refractivity contribution in [3.8, 4) is 16.9 Å². The summed E-state index contributed by atoms with van der Waals surface area (Å²) >= 11 is 0. The summed E-state index contributed by atoms with van der Waals surface area (Å²) in [4.78, 5) is 11.2. The summed E-state index contributed by atoms with van der Waals surface area (Å²) in [6, 6.07) is 10.8. The minimum Gasteiger partial charge on any atom is -0.405 e. The van der Waals surface area contributed by atoms with Gasteiger partial charge in [0.1, 0.15) is 5.75 Å². The Balaban J connectivity index is 2.46. The fraction of sp³-hybridized carbons (Fsp3) is 0.188. The van der Waals surface area contributed by atoms with Gasteiger partial charge in [-0.1, -0.05) is 35.9 Å². The van der Waals surface area contributed by atoms with Crippen molar-refractivity contribution < 1.29 is 22.7 Å². The monoisotopic (exact) mass is 294 g/mol. The highest BCUT2D eigenvalue weighted by molar-refractivity contribution is 5.94. The molecule has 0 heterocycles. The molecule has 0 saturated heterocycles. The van der Waals surface area contributed by atoms with E-state index in [1.54, 1.807) is 43.3 Å². The van der Waals surface area contributed by atoms with E-state index in [0.717, 1.165) is 5.56 Å². The molecule has 0 aliphatic carbocycles. The molecule has 0 amide bonds. The number of carbonyl (C=O) groups excluding carboxylic acids is 1. The number of alkyl halides is 3. The number of benzene rings is 2. The molecule has 0 unspecified atom stereocenters. The molecule has 0 radical (unpaired) electrons. The van der Waals surface area contributed by atoms with E-state index in [4.69, 9.17) is 0 Å². The van der Waals surface area contributed by atoms with Crippen LogP contribution in [0.2, 0.25) is 0 Å². The lowest BCUT2D eigenvalue weighted by Crippen LogP contribution is -2.17. The highest BCUT2D eigenvalue weighted by atomic mass is 19.4. The van der Waals surface area contributed by atoms with Crippen LogP contribution in [0, 0.1) is 6.92 Å². The molecule has 0 bridgehead atoms. The number of hydrogen-bond donors (Lipinski definition) is 0. The Kier molecular flexibility index (Phi) is 4.02. The van der Waals surface area contributed by atoms with Crippen LogP contribution in [-0.2, 0) is 0 Å². The molecule has 110 valence electrons. The average molecular weight is 294 g/mol. The van der Waals surface area contributed by atoms with Crippen LogP contribution >= 0.6 is 0 Å². The zero-order valence-corrected chi connectivity index (χ0v) is 11.5. The van der Waals surface area contributed by atoms with E-state index in [2.05, 4.69) is 4.74 Å². The van der Waals surface area contributed by atoms with Crippen molar-refractivity contribution in [2.45, 2.75) is 20.2 Å². The summed E-state index contributed by atoms with van der Waals surface area (Å²) in [7, 11) is 0. The topological polar surface area (TPSA) is 26.3 Å². The fourth-order valence-corrected chi connectivity index (χ4v) is 1.97. The molecule has 0 saturated carbocycles. The van der Waals surface area contributed by atoms with Gasteiger partial charge in [0.25, 0.3) is 0 Å². The molecule has 0 aliphatic rings. The van der Waals surface area contributed by atoms with Crippen LogP contribution < -0.4 is 4.74 Å². The van der Waals surface area contributed by atoms with Crippen LogP contribution in [0.1, 0.15) is 22.8 Å². The molecule has 21 heavy (non-hydrogen) atoms. The first-order chi connectivity index (χ1) is 9.76. The standard InChI is InChI=1S/C16H13F3O2/c1-10-3-8-15(21-16(17,18)19)14(9-10)13-6-4-12(5-7-13)11(2)20/h3-9H,1-2H3. The van der Waals surface area contributed by atoms with Gasteiger partial charge in [0, 0.05) is 11.1 Å². The summed E-state index contributed by atoms with van der Waals surface area (Å²) in [5, 5.41) is 0. The van der Waals surface area contributed by atoms with Gasteiger partial charge in [0.05, 0.1) is 0 Å². The molecule has 2 nitrogen and oxygen atoms in total. The van der Waals surface area contributed by atoms with E-state index < -0.39 is 6.36 Å². The van der Waals surface area contributed by atoms with Crippen LogP contribution in [0.4, 0.5) is 13.2 Å². The number of hydrogen-bond acceptors (Lipinski definition) is 2. The number of ketones is 1. The number of carbonyl (C=O) groups is 1. The normalized spacial score (nSPS) is 11.3. The highest BCUT2D eigenvalue weighted by Gasteiger charge is 2.32. The number of aryl methyl sites for hydroxylation is 1. The van der Waals surface area contributed by atoms with Crippen molar-refractivity contribution in [2.75, 3.05) is 0 Å². The predicted octanol–water partition coefficient (Wildman–Crippen LogP) is 4.76. The molecule has 2 aromatic carbocycles. The van der Waals surface area contributed by atoms with Crippen molar-refractivity contribution in [3.63, 3.8) is 0 Å². The minimum absolute atomic E-state index is 0.0995. The van der Waals surface area contributed by atoms with Crippen molar-refractivity contribution in [2.24, 2.45) is 0 Å². The number of halogens is 3. The Labute approximate surface area is 120 Å². The zero-order valence-electron chi connectivity index (χ0n) is 11.5. The molecular formula is C16H13F3O2. The number of ether oxygens (including phenoxy) is 1. The number of rotatable bonds is 3. The average Bonchev–Trinajstić information content (AvgIpc) is 2.39. The maximum Gasteiger partial charge on any atom is 0.573 e. The zero-order chi connectivity index (χ0) is 15.6. The molecule has 2 rings (SSSR count). The first-order valence-corrected chi connectivity index (χ1v) is 6.24. The first kappa shape index (κ1) is 15.1. The van der Waals surface area contributed by atoms with Gasteiger partial charge in [0.15, 0.2) is 5.78 Å². The summed E-state index contributed by atoms with van der Waals surface area (Å²) in [5.74, 6) is -0.360.